The van der Waals surface area contributed by atoms with Crippen molar-refractivity contribution in [1.29, 1.82) is 0 Å². The molecule has 0 radical (unpaired) electrons. The fourth-order valence-corrected chi connectivity index (χ4v) is 3.34. The number of aromatic nitrogens is 1. The average molecular weight is 312 g/mol. The molecule has 2 heterocycles. The van der Waals surface area contributed by atoms with Gasteiger partial charge < -0.3 is 9.64 Å². The third-order valence-electron chi connectivity index (χ3n) is 3.56. The van der Waals surface area contributed by atoms with Gasteiger partial charge in [0.05, 0.1) is 12.5 Å². The van der Waals surface area contributed by atoms with E-state index in [1.54, 1.807) is 25.3 Å². The molecule has 1 aromatic heterocycles. The van der Waals surface area contributed by atoms with Gasteiger partial charge in [0.1, 0.15) is 10.7 Å². The number of sulfone groups is 1. The molecule has 2 rings (SSSR count). The number of ether oxygens (including phenoxy) is 1. The summed E-state index contributed by atoms with van der Waals surface area (Å²) in [5.41, 5.74) is 0. The van der Waals surface area contributed by atoms with Crippen LogP contribution in [-0.2, 0) is 19.4 Å². The lowest BCUT2D eigenvalue weighted by molar-refractivity contribution is -0.148. The molecule has 0 aromatic carbocycles. The van der Waals surface area contributed by atoms with Crippen LogP contribution < -0.4 is 4.90 Å². The van der Waals surface area contributed by atoms with Crippen molar-refractivity contribution >= 4 is 21.6 Å². The SMILES string of the molecule is CCOC(=O)C1CCN(c2ncccc2S(C)(=O)=O)CC1. The van der Waals surface area contributed by atoms with E-state index in [0.29, 0.717) is 38.4 Å². The molecule has 21 heavy (non-hydrogen) atoms. The molecule has 0 aliphatic carbocycles. The van der Waals surface area contributed by atoms with Gasteiger partial charge in [-0.1, -0.05) is 0 Å². The molecule has 1 saturated heterocycles. The predicted octanol–water partition coefficient (Wildman–Crippen LogP) is 1.26. The maximum Gasteiger partial charge on any atom is 0.309 e. The van der Waals surface area contributed by atoms with Crippen molar-refractivity contribution in [2.45, 2.75) is 24.7 Å². The van der Waals surface area contributed by atoms with Gasteiger partial charge in [0, 0.05) is 25.5 Å². The van der Waals surface area contributed by atoms with Crippen molar-refractivity contribution in [2.24, 2.45) is 5.92 Å². The van der Waals surface area contributed by atoms with Gasteiger partial charge in [0.25, 0.3) is 0 Å². The quantitative estimate of drug-likeness (QED) is 0.779. The normalized spacial score (nSPS) is 16.8. The Kier molecular flexibility index (Phi) is 4.82. The maximum absolute atomic E-state index is 11.8. The van der Waals surface area contributed by atoms with Crippen molar-refractivity contribution in [1.82, 2.24) is 4.98 Å². The van der Waals surface area contributed by atoms with Crippen molar-refractivity contribution in [3.63, 3.8) is 0 Å². The van der Waals surface area contributed by atoms with E-state index in [-0.39, 0.29) is 16.8 Å². The molecule has 0 spiro atoms. The molecule has 0 bridgehead atoms. The van der Waals surface area contributed by atoms with E-state index in [1.165, 1.54) is 6.26 Å². The smallest absolute Gasteiger partial charge is 0.309 e. The van der Waals surface area contributed by atoms with Gasteiger partial charge in [-0.05, 0) is 31.9 Å². The molecule has 0 N–H and O–H groups in total. The summed E-state index contributed by atoms with van der Waals surface area (Å²) < 4.78 is 28.7. The van der Waals surface area contributed by atoms with Gasteiger partial charge in [-0.25, -0.2) is 13.4 Å². The maximum atomic E-state index is 11.8. The van der Waals surface area contributed by atoms with Crippen molar-refractivity contribution < 1.29 is 17.9 Å². The molecule has 0 unspecified atom stereocenters. The summed E-state index contributed by atoms with van der Waals surface area (Å²) in [4.78, 5) is 18.1. The van der Waals surface area contributed by atoms with Crippen molar-refractivity contribution in [3.05, 3.63) is 18.3 Å². The molecule has 6 nitrogen and oxygen atoms in total. The Hall–Kier alpha value is -1.63. The van der Waals surface area contributed by atoms with Gasteiger partial charge in [0.2, 0.25) is 0 Å². The summed E-state index contributed by atoms with van der Waals surface area (Å²) in [7, 11) is -3.32. The standard InChI is InChI=1S/C14H20N2O4S/c1-3-20-14(17)11-6-9-16(10-7-11)13-12(21(2,18)19)5-4-8-15-13/h4-5,8,11H,3,6-7,9-10H2,1-2H3. The number of rotatable bonds is 4. The molecule has 7 heteroatoms. The Labute approximate surface area is 125 Å². The third-order valence-corrected chi connectivity index (χ3v) is 4.68. The summed E-state index contributed by atoms with van der Waals surface area (Å²) in [6.45, 7) is 3.38. The number of hydrogen-bond donors (Lipinski definition) is 0. The highest BCUT2D eigenvalue weighted by Gasteiger charge is 2.28. The van der Waals surface area contributed by atoms with E-state index in [9.17, 15) is 13.2 Å². The Morgan fingerprint density at radius 1 is 1.43 bits per heavy atom. The molecular formula is C14H20N2O4S. The zero-order valence-corrected chi connectivity index (χ0v) is 13.1. The average Bonchev–Trinajstić information content (AvgIpc) is 2.47. The van der Waals surface area contributed by atoms with Crippen molar-refractivity contribution in [2.75, 3.05) is 30.9 Å². The fourth-order valence-electron chi connectivity index (χ4n) is 2.50. The first kappa shape index (κ1) is 15.8. The molecule has 0 atom stereocenters. The van der Waals surface area contributed by atoms with E-state index < -0.39 is 9.84 Å². The van der Waals surface area contributed by atoms with Crippen LogP contribution in [0.25, 0.3) is 0 Å². The second kappa shape index (κ2) is 6.43. The Balaban J connectivity index is 2.12. The fraction of sp³-hybridized carbons (Fsp3) is 0.571. The van der Waals surface area contributed by atoms with Crippen LogP contribution in [0.2, 0.25) is 0 Å². The van der Waals surface area contributed by atoms with E-state index in [2.05, 4.69) is 4.98 Å². The van der Waals surface area contributed by atoms with E-state index >= 15 is 0 Å². The lowest BCUT2D eigenvalue weighted by Crippen LogP contribution is -2.38. The van der Waals surface area contributed by atoms with E-state index in [0.717, 1.165) is 0 Å². The monoisotopic (exact) mass is 312 g/mol. The summed E-state index contributed by atoms with van der Waals surface area (Å²) in [6, 6.07) is 3.18. The lowest BCUT2D eigenvalue weighted by Gasteiger charge is -2.32. The minimum atomic E-state index is -3.32. The van der Waals surface area contributed by atoms with Crippen LogP contribution in [0.5, 0.6) is 0 Å². The minimum Gasteiger partial charge on any atom is -0.466 e. The molecule has 0 saturated carbocycles. The molecule has 0 amide bonds. The van der Waals surface area contributed by atoms with Crippen LogP contribution >= 0.6 is 0 Å². The first-order chi connectivity index (χ1) is 9.93. The zero-order valence-electron chi connectivity index (χ0n) is 12.3. The Morgan fingerprint density at radius 3 is 2.67 bits per heavy atom. The number of nitrogens with zero attached hydrogens (tertiary/aromatic N) is 2. The van der Waals surface area contributed by atoms with Crippen LogP contribution in [0, 0.1) is 5.92 Å². The number of carbonyl (C=O) groups excluding carboxylic acids is 1. The van der Waals surface area contributed by atoms with E-state index in [1.807, 2.05) is 4.90 Å². The highest BCUT2D eigenvalue weighted by atomic mass is 32.2. The number of esters is 1. The zero-order chi connectivity index (χ0) is 15.5. The second-order valence-corrected chi connectivity index (χ2v) is 7.09. The number of hydrogen-bond acceptors (Lipinski definition) is 6. The van der Waals surface area contributed by atoms with E-state index in [4.69, 9.17) is 4.74 Å². The van der Waals surface area contributed by atoms with Gasteiger partial charge in [0.15, 0.2) is 9.84 Å². The number of anilines is 1. The molecule has 1 aromatic rings. The van der Waals surface area contributed by atoms with Gasteiger partial charge in [-0.15, -0.1) is 0 Å². The highest BCUT2D eigenvalue weighted by molar-refractivity contribution is 7.90. The first-order valence-corrected chi connectivity index (χ1v) is 8.89. The summed E-state index contributed by atoms with van der Waals surface area (Å²) in [5.74, 6) is 0.204. The summed E-state index contributed by atoms with van der Waals surface area (Å²) in [6.07, 6.45) is 4.07. The summed E-state index contributed by atoms with van der Waals surface area (Å²) in [5, 5.41) is 0. The minimum absolute atomic E-state index is 0.105. The molecule has 1 fully saturated rings. The summed E-state index contributed by atoms with van der Waals surface area (Å²) >= 11 is 0. The largest absolute Gasteiger partial charge is 0.466 e. The topological polar surface area (TPSA) is 76.6 Å². The molecule has 116 valence electrons. The Morgan fingerprint density at radius 2 is 2.10 bits per heavy atom. The van der Waals surface area contributed by atoms with Crippen LogP contribution in [0.1, 0.15) is 19.8 Å². The number of pyridine rings is 1. The van der Waals surface area contributed by atoms with Crippen LogP contribution in [0.4, 0.5) is 5.82 Å². The van der Waals surface area contributed by atoms with Gasteiger partial charge in [-0.3, -0.25) is 4.79 Å². The number of carbonyl (C=O) groups is 1. The van der Waals surface area contributed by atoms with Gasteiger partial charge in [-0.2, -0.15) is 0 Å². The second-order valence-electron chi connectivity index (χ2n) is 5.11. The molecule has 1 aliphatic heterocycles. The number of piperidine rings is 1. The lowest BCUT2D eigenvalue weighted by atomic mass is 9.97. The highest BCUT2D eigenvalue weighted by Crippen LogP contribution is 2.27. The van der Waals surface area contributed by atoms with Gasteiger partial charge >= 0.3 is 5.97 Å². The van der Waals surface area contributed by atoms with Crippen LogP contribution in [0.15, 0.2) is 23.2 Å². The van der Waals surface area contributed by atoms with Crippen LogP contribution in [0.3, 0.4) is 0 Å². The predicted molar refractivity (Wildman–Crippen MR) is 78.9 cm³/mol. The molecular weight excluding hydrogens is 292 g/mol. The molecule has 1 aliphatic rings. The third kappa shape index (κ3) is 3.72. The Bertz CT molecular complexity index is 607. The van der Waals surface area contributed by atoms with Crippen LogP contribution in [-0.4, -0.2) is 45.3 Å². The first-order valence-electron chi connectivity index (χ1n) is 7.00. The van der Waals surface area contributed by atoms with Crippen molar-refractivity contribution in [3.8, 4) is 0 Å².